The van der Waals surface area contributed by atoms with Crippen molar-refractivity contribution < 1.29 is 57.9 Å². The molecule has 8 rings (SSSR count). The van der Waals surface area contributed by atoms with Gasteiger partial charge in [-0.2, -0.15) is 10.5 Å². The Labute approximate surface area is 297 Å². The quantitative estimate of drug-likeness (QED) is 0.106. The number of ketones is 2. The summed E-state index contributed by atoms with van der Waals surface area (Å²) < 4.78 is 44.0. The minimum atomic E-state index is -0.959. The standard InChI is InChI=1S/C38H34N2O12/c41-26(6-1-22-2-7-31-35(11-22)49-18-45-31)16-29(24-4-9-33-37(13-24)51-20-47-33)40(44)30(25-5-10-34-38(14-25)52-21-48-34)17-27(42)15-28(39-43)23-3-8-32-36(12-23)50-19-46-32/h1-14,28-30,39,43-44H,15-21H2/b6-1+. The molecule has 14 nitrogen and oxygen atoms in total. The average molecular weight is 711 g/mol. The van der Waals surface area contributed by atoms with Crippen LogP contribution in [0, 0.1) is 0 Å². The second-order valence-corrected chi connectivity index (χ2v) is 12.5. The summed E-state index contributed by atoms with van der Waals surface area (Å²) in [4.78, 5) is 27.5. The van der Waals surface area contributed by atoms with Gasteiger partial charge in [-0.15, -0.1) is 0 Å². The highest BCUT2D eigenvalue weighted by molar-refractivity contribution is 5.94. The van der Waals surface area contributed by atoms with Crippen LogP contribution in [0.1, 0.15) is 59.6 Å². The van der Waals surface area contributed by atoms with Crippen molar-refractivity contribution in [3.63, 3.8) is 0 Å². The van der Waals surface area contributed by atoms with Gasteiger partial charge in [0.05, 0.1) is 18.1 Å². The Morgan fingerprint density at radius 3 is 1.58 bits per heavy atom. The van der Waals surface area contributed by atoms with Gasteiger partial charge in [0.1, 0.15) is 5.78 Å². The van der Waals surface area contributed by atoms with Gasteiger partial charge in [0.15, 0.2) is 51.8 Å². The van der Waals surface area contributed by atoms with Crippen LogP contribution in [-0.4, -0.2) is 54.2 Å². The molecule has 3 N–H and O–H groups in total. The maximum atomic E-state index is 13.9. The van der Waals surface area contributed by atoms with Crippen LogP contribution >= 0.6 is 0 Å². The van der Waals surface area contributed by atoms with E-state index in [9.17, 15) is 20.0 Å². The van der Waals surface area contributed by atoms with Crippen molar-refractivity contribution in [3.8, 4) is 46.0 Å². The second kappa shape index (κ2) is 14.4. The lowest BCUT2D eigenvalue weighted by atomic mass is 9.92. The summed E-state index contributed by atoms with van der Waals surface area (Å²) in [5.74, 6) is 3.71. The topological polar surface area (TPSA) is 164 Å². The molecule has 4 heterocycles. The molecule has 4 aromatic rings. The Balaban J connectivity index is 1.09. The van der Waals surface area contributed by atoms with E-state index in [0.717, 1.165) is 10.6 Å². The zero-order valence-corrected chi connectivity index (χ0v) is 27.7. The number of hydrogen-bond acceptors (Lipinski definition) is 14. The maximum absolute atomic E-state index is 13.9. The van der Waals surface area contributed by atoms with Crippen molar-refractivity contribution >= 4 is 17.6 Å². The number of carbonyl (C=O) groups excluding carboxylic acids is 2. The fourth-order valence-corrected chi connectivity index (χ4v) is 6.55. The van der Waals surface area contributed by atoms with Crippen LogP contribution in [0.4, 0.5) is 0 Å². The van der Waals surface area contributed by atoms with Crippen LogP contribution in [0.3, 0.4) is 0 Å². The molecule has 0 radical (unpaired) electrons. The summed E-state index contributed by atoms with van der Waals surface area (Å²) in [6.07, 6.45) is 2.62. The highest BCUT2D eigenvalue weighted by atomic mass is 16.7. The third kappa shape index (κ3) is 6.92. The first kappa shape index (κ1) is 33.3. The summed E-state index contributed by atoms with van der Waals surface area (Å²) in [5.41, 5.74) is 4.68. The summed E-state index contributed by atoms with van der Waals surface area (Å²) in [6, 6.07) is 18.2. The fraction of sp³-hybridized carbons (Fsp3) is 0.263. The summed E-state index contributed by atoms with van der Waals surface area (Å²) in [7, 11) is 0. The lowest BCUT2D eigenvalue weighted by Crippen LogP contribution is -2.33. The van der Waals surface area contributed by atoms with Gasteiger partial charge in [0.2, 0.25) is 27.2 Å². The molecule has 268 valence electrons. The second-order valence-electron chi connectivity index (χ2n) is 12.5. The van der Waals surface area contributed by atoms with Crippen LogP contribution in [0.2, 0.25) is 0 Å². The number of nitrogens with zero attached hydrogens (tertiary/aromatic N) is 1. The molecule has 3 unspecified atom stereocenters. The lowest BCUT2D eigenvalue weighted by molar-refractivity contribution is -0.172. The number of nitrogens with one attached hydrogen (secondary N) is 1. The van der Waals surface area contributed by atoms with E-state index in [0.29, 0.717) is 62.7 Å². The molecular formula is C38H34N2O12. The highest BCUT2D eigenvalue weighted by Gasteiger charge is 2.34. The van der Waals surface area contributed by atoms with Gasteiger partial charge in [-0.25, -0.2) is 0 Å². The molecule has 52 heavy (non-hydrogen) atoms. The number of fused-ring (bicyclic) bond motifs is 4. The van der Waals surface area contributed by atoms with Crippen molar-refractivity contribution in [3.05, 3.63) is 101 Å². The Bertz CT molecular complexity index is 2030. The number of rotatable bonds is 14. The molecule has 0 bridgehead atoms. The number of carbonyl (C=O) groups is 2. The molecule has 3 atom stereocenters. The van der Waals surface area contributed by atoms with Gasteiger partial charge in [-0.1, -0.05) is 30.3 Å². The van der Waals surface area contributed by atoms with E-state index in [1.165, 1.54) is 6.08 Å². The average Bonchev–Trinajstić information content (AvgIpc) is 4.00. The Morgan fingerprint density at radius 1 is 0.596 bits per heavy atom. The molecule has 4 aliphatic heterocycles. The molecule has 0 fully saturated rings. The largest absolute Gasteiger partial charge is 0.454 e. The molecule has 0 saturated carbocycles. The number of hydroxylamine groups is 3. The number of ether oxygens (including phenoxy) is 8. The van der Waals surface area contributed by atoms with Crippen LogP contribution in [0.5, 0.6) is 46.0 Å². The normalized spacial score (nSPS) is 16.4. The van der Waals surface area contributed by atoms with Gasteiger partial charge >= 0.3 is 0 Å². The van der Waals surface area contributed by atoms with Crippen molar-refractivity contribution in [2.75, 3.05) is 27.2 Å². The van der Waals surface area contributed by atoms with Crippen LogP contribution in [0.15, 0.2) is 78.9 Å². The van der Waals surface area contributed by atoms with E-state index in [1.807, 2.05) is 6.07 Å². The molecular weight excluding hydrogens is 676 g/mol. The molecule has 4 aliphatic rings. The van der Waals surface area contributed by atoms with Crippen molar-refractivity contribution in [1.29, 1.82) is 0 Å². The minimum absolute atomic E-state index is 0.0363. The third-order valence-electron chi connectivity index (χ3n) is 9.26. The molecule has 0 saturated heterocycles. The Kier molecular flexibility index (Phi) is 9.26. The SMILES string of the molecule is O=C(/C=C/c1ccc2c(c1)OCO2)CC(c1ccc2c(c1)OCO2)N(O)C(CC(=O)CC(NO)c1ccc2c(c1)OCO2)c1ccc2c(c1)OCO2. The zero-order valence-electron chi connectivity index (χ0n) is 27.7. The Hall–Kier alpha value is -5.80. The van der Waals surface area contributed by atoms with E-state index < -0.39 is 18.1 Å². The van der Waals surface area contributed by atoms with Gasteiger partial charge in [0, 0.05) is 19.3 Å². The van der Waals surface area contributed by atoms with Gasteiger partial charge in [-0.3, -0.25) is 9.59 Å². The molecule has 14 heteroatoms. The van der Waals surface area contributed by atoms with E-state index in [-0.39, 0.29) is 58.0 Å². The summed E-state index contributed by atoms with van der Waals surface area (Å²) in [6.45, 7) is 0.295. The first-order valence-corrected chi connectivity index (χ1v) is 16.6. The first-order valence-electron chi connectivity index (χ1n) is 16.6. The maximum Gasteiger partial charge on any atom is 0.231 e. The third-order valence-corrected chi connectivity index (χ3v) is 9.26. The predicted molar refractivity (Wildman–Crippen MR) is 180 cm³/mol. The van der Waals surface area contributed by atoms with E-state index in [4.69, 9.17) is 37.9 Å². The van der Waals surface area contributed by atoms with Crippen LogP contribution in [0.25, 0.3) is 6.08 Å². The molecule has 0 aromatic heterocycles. The van der Waals surface area contributed by atoms with Gasteiger partial charge < -0.3 is 48.3 Å². The molecule has 0 aliphatic carbocycles. The summed E-state index contributed by atoms with van der Waals surface area (Å²) >= 11 is 0. The number of allylic oxidation sites excluding steroid dienone is 1. The molecule has 4 aromatic carbocycles. The minimum Gasteiger partial charge on any atom is -0.454 e. The molecule has 0 spiro atoms. The smallest absolute Gasteiger partial charge is 0.231 e. The van der Waals surface area contributed by atoms with Crippen LogP contribution < -0.4 is 43.4 Å². The zero-order chi connectivity index (χ0) is 35.6. The fourth-order valence-electron chi connectivity index (χ4n) is 6.55. The van der Waals surface area contributed by atoms with E-state index in [1.54, 1.807) is 72.8 Å². The first-order chi connectivity index (χ1) is 25.4. The van der Waals surface area contributed by atoms with Crippen LogP contribution in [-0.2, 0) is 9.59 Å². The number of benzene rings is 4. The number of hydrogen-bond donors (Lipinski definition) is 3. The van der Waals surface area contributed by atoms with Crippen molar-refractivity contribution in [1.82, 2.24) is 10.5 Å². The van der Waals surface area contributed by atoms with Gasteiger partial charge in [-0.05, 0) is 76.9 Å². The molecule has 0 amide bonds. The van der Waals surface area contributed by atoms with Gasteiger partial charge in [0.25, 0.3) is 0 Å². The van der Waals surface area contributed by atoms with E-state index >= 15 is 0 Å². The predicted octanol–water partition coefficient (Wildman–Crippen LogP) is 5.82. The van der Waals surface area contributed by atoms with Crippen molar-refractivity contribution in [2.24, 2.45) is 0 Å². The van der Waals surface area contributed by atoms with E-state index in [2.05, 4.69) is 5.48 Å². The summed E-state index contributed by atoms with van der Waals surface area (Å²) in [5, 5.41) is 23.3. The highest BCUT2D eigenvalue weighted by Crippen LogP contribution is 2.42. The lowest BCUT2D eigenvalue weighted by Gasteiger charge is -2.33. The monoisotopic (exact) mass is 710 g/mol. The van der Waals surface area contributed by atoms with Crippen molar-refractivity contribution in [2.45, 2.75) is 37.4 Å². The Morgan fingerprint density at radius 2 is 1.04 bits per heavy atom. The number of Topliss-reactive ketones (excluding diaryl/α,β-unsaturated/α-hetero) is 1.